The topological polar surface area (TPSA) is 154 Å². The summed E-state index contributed by atoms with van der Waals surface area (Å²) in [5.74, 6) is -0.421. The van der Waals surface area contributed by atoms with Gasteiger partial charge in [-0.3, -0.25) is 4.79 Å². The molecule has 3 aromatic carbocycles. The van der Waals surface area contributed by atoms with Crippen molar-refractivity contribution in [1.82, 2.24) is 15.2 Å². The lowest BCUT2D eigenvalue weighted by molar-refractivity contribution is -0.121. The number of hydrogen-bond acceptors (Lipinski definition) is 11. The van der Waals surface area contributed by atoms with Gasteiger partial charge in [0.15, 0.2) is 10.7 Å². The Labute approximate surface area is 281 Å². The van der Waals surface area contributed by atoms with Crippen LogP contribution < -0.4 is 28.7 Å². The predicted octanol–water partition coefficient (Wildman–Crippen LogP) is 3.94. The standard InChI is InChI=1S/C33H32N6O7S2/c1-4-46-27-8-6-5-7-24(27)33(36-31(41)37-14-16-38(17-15-37)32-35-13-18-47-32)25-19-22(21-34)9-11-26(25)39(30(33)40)48(42,43)29-12-10-23(44-2)20-28(29)45-3/h5-13,18-20H,4,14-17H2,1-3H3,(H,36,41). The molecule has 1 unspecified atom stereocenters. The molecule has 1 N–H and O–H groups in total. The van der Waals surface area contributed by atoms with Gasteiger partial charge < -0.3 is 29.3 Å². The number of rotatable bonds is 9. The van der Waals surface area contributed by atoms with E-state index in [2.05, 4.69) is 21.3 Å². The number of aromatic nitrogens is 1. The van der Waals surface area contributed by atoms with Gasteiger partial charge >= 0.3 is 6.03 Å². The van der Waals surface area contributed by atoms with Crippen molar-refractivity contribution in [3.8, 4) is 23.3 Å². The fourth-order valence-electron chi connectivity index (χ4n) is 6.00. The number of benzene rings is 3. The number of nitriles is 1. The van der Waals surface area contributed by atoms with E-state index in [0.717, 1.165) is 5.13 Å². The first-order valence-corrected chi connectivity index (χ1v) is 17.3. The molecule has 6 rings (SSSR count). The molecule has 3 amide bonds. The van der Waals surface area contributed by atoms with Crippen LogP contribution in [0.25, 0.3) is 0 Å². The zero-order valence-corrected chi connectivity index (χ0v) is 28.0. The number of ether oxygens (including phenoxy) is 3. The third kappa shape index (κ3) is 5.42. The molecular formula is C33H32N6O7S2. The SMILES string of the molecule is CCOc1ccccc1C1(NC(=O)N2CCN(c3nccs3)CC2)C(=O)N(S(=O)(=O)c2ccc(OC)cc2OC)c2ccc(C#N)cc21. The Kier molecular flexibility index (Phi) is 8.87. The van der Waals surface area contributed by atoms with Gasteiger partial charge in [-0.2, -0.15) is 9.57 Å². The van der Waals surface area contributed by atoms with Gasteiger partial charge in [0.05, 0.1) is 38.1 Å². The summed E-state index contributed by atoms with van der Waals surface area (Å²) in [7, 11) is -1.94. The second-order valence-corrected chi connectivity index (χ2v) is 13.5. The van der Waals surface area contributed by atoms with Crippen LogP contribution in [0.15, 0.2) is 77.1 Å². The highest BCUT2D eigenvalue weighted by atomic mass is 32.2. The van der Waals surface area contributed by atoms with Crippen LogP contribution in [0.4, 0.5) is 15.6 Å². The number of nitrogens with zero attached hydrogens (tertiary/aromatic N) is 5. The van der Waals surface area contributed by atoms with Crippen molar-refractivity contribution in [2.45, 2.75) is 17.4 Å². The van der Waals surface area contributed by atoms with Crippen molar-refractivity contribution in [2.24, 2.45) is 0 Å². The van der Waals surface area contributed by atoms with Crippen LogP contribution in [0.1, 0.15) is 23.6 Å². The fourth-order valence-corrected chi connectivity index (χ4v) is 8.31. The zero-order chi connectivity index (χ0) is 34.1. The molecule has 15 heteroatoms. The first kappa shape index (κ1) is 32.6. The Morgan fingerprint density at radius 2 is 1.79 bits per heavy atom. The van der Waals surface area contributed by atoms with Crippen molar-refractivity contribution in [2.75, 3.05) is 56.2 Å². The van der Waals surface area contributed by atoms with E-state index in [1.807, 2.05) is 5.38 Å². The third-order valence-corrected chi connectivity index (χ3v) is 10.9. The van der Waals surface area contributed by atoms with Crippen molar-refractivity contribution < 1.29 is 32.2 Å². The number of piperazine rings is 1. The lowest BCUT2D eigenvalue weighted by atomic mass is 9.82. The fraction of sp³-hybridized carbons (Fsp3) is 0.273. The number of amides is 3. The molecule has 0 spiro atoms. The molecule has 0 aliphatic carbocycles. The highest BCUT2D eigenvalue weighted by molar-refractivity contribution is 7.93. The monoisotopic (exact) mass is 688 g/mol. The molecule has 2 aliphatic heterocycles. The minimum Gasteiger partial charge on any atom is -0.497 e. The number of nitrogens with one attached hydrogen (secondary N) is 1. The smallest absolute Gasteiger partial charge is 0.318 e. The maximum atomic E-state index is 15.1. The number of carbonyl (C=O) groups is 2. The maximum Gasteiger partial charge on any atom is 0.318 e. The molecule has 13 nitrogen and oxygen atoms in total. The molecule has 1 aromatic heterocycles. The Bertz CT molecular complexity index is 2010. The molecule has 0 radical (unpaired) electrons. The molecule has 1 fully saturated rings. The van der Waals surface area contributed by atoms with Crippen molar-refractivity contribution in [3.63, 3.8) is 0 Å². The minimum absolute atomic E-state index is 0.0305. The quantitative estimate of drug-likeness (QED) is 0.274. The van der Waals surface area contributed by atoms with Gasteiger partial charge in [-0.1, -0.05) is 18.2 Å². The highest BCUT2D eigenvalue weighted by Crippen LogP contribution is 2.50. The number of thiazole rings is 1. The summed E-state index contributed by atoms with van der Waals surface area (Å²) in [5, 5.41) is 15.6. The van der Waals surface area contributed by atoms with Crippen molar-refractivity contribution in [1.29, 1.82) is 5.26 Å². The predicted molar refractivity (Wildman–Crippen MR) is 178 cm³/mol. The number of urea groups is 1. The Morgan fingerprint density at radius 1 is 1.02 bits per heavy atom. The number of fused-ring (bicyclic) bond motifs is 1. The maximum absolute atomic E-state index is 15.1. The summed E-state index contributed by atoms with van der Waals surface area (Å²) >= 11 is 1.50. The van der Waals surface area contributed by atoms with Gasteiger partial charge in [0.1, 0.15) is 22.1 Å². The van der Waals surface area contributed by atoms with Crippen LogP contribution in [-0.2, 0) is 20.4 Å². The molecule has 0 bridgehead atoms. The summed E-state index contributed by atoms with van der Waals surface area (Å²) in [6.07, 6.45) is 1.72. The number of anilines is 2. The van der Waals surface area contributed by atoms with Crippen LogP contribution in [0, 0.1) is 11.3 Å². The van der Waals surface area contributed by atoms with Crippen LogP contribution in [0.3, 0.4) is 0 Å². The van der Waals surface area contributed by atoms with E-state index in [0.29, 0.717) is 36.2 Å². The second-order valence-electron chi connectivity index (χ2n) is 10.8. The first-order chi connectivity index (χ1) is 23.2. The number of hydrogen-bond donors (Lipinski definition) is 1. The van der Waals surface area contributed by atoms with Gasteiger partial charge in [-0.15, -0.1) is 11.3 Å². The normalized spacial score (nSPS) is 17.5. The largest absolute Gasteiger partial charge is 0.497 e. The van der Waals surface area contributed by atoms with E-state index in [4.69, 9.17) is 14.2 Å². The van der Waals surface area contributed by atoms with E-state index >= 15 is 4.79 Å². The molecule has 248 valence electrons. The van der Waals surface area contributed by atoms with Crippen molar-refractivity contribution in [3.05, 3.63) is 88.9 Å². The molecule has 48 heavy (non-hydrogen) atoms. The second kappa shape index (κ2) is 13.1. The lowest BCUT2D eigenvalue weighted by Gasteiger charge is -2.38. The molecular weight excluding hydrogens is 657 g/mol. The van der Waals surface area contributed by atoms with Gasteiger partial charge in [-0.05, 0) is 43.3 Å². The van der Waals surface area contributed by atoms with Gasteiger partial charge in [-0.25, -0.2) is 18.2 Å². The number of para-hydroxylation sites is 1. The average molecular weight is 689 g/mol. The number of methoxy groups -OCH3 is 2. The van der Waals surface area contributed by atoms with Gasteiger partial charge in [0, 0.05) is 54.9 Å². The third-order valence-electron chi connectivity index (χ3n) is 8.28. The van der Waals surface area contributed by atoms with Gasteiger partial charge in [0.25, 0.3) is 15.9 Å². The summed E-state index contributed by atoms with van der Waals surface area (Å²) < 4.78 is 46.4. The zero-order valence-electron chi connectivity index (χ0n) is 26.4. The van der Waals surface area contributed by atoms with Crippen LogP contribution in [0.2, 0.25) is 0 Å². The van der Waals surface area contributed by atoms with Gasteiger partial charge in [0.2, 0.25) is 0 Å². The Balaban J connectivity index is 1.51. The molecule has 1 atom stereocenters. The number of carbonyl (C=O) groups excluding carboxylic acids is 2. The molecule has 4 aromatic rings. The number of sulfonamides is 1. The summed E-state index contributed by atoms with van der Waals surface area (Å²) in [5.41, 5.74) is -1.67. The molecule has 3 heterocycles. The highest BCUT2D eigenvalue weighted by Gasteiger charge is 2.59. The van der Waals surface area contributed by atoms with E-state index in [1.165, 1.54) is 62.0 Å². The lowest BCUT2D eigenvalue weighted by Crippen LogP contribution is -2.60. The van der Waals surface area contributed by atoms with Crippen molar-refractivity contribution >= 4 is 44.1 Å². The van der Waals surface area contributed by atoms with E-state index < -0.39 is 27.5 Å². The van der Waals surface area contributed by atoms with E-state index in [-0.39, 0.29) is 45.4 Å². The van der Waals surface area contributed by atoms with Crippen LogP contribution >= 0.6 is 11.3 Å². The first-order valence-electron chi connectivity index (χ1n) is 15.0. The van der Waals surface area contributed by atoms with Crippen LogP contribution in [-0.4, -0.2) is 77.2 Å². The summed E-state index contributed by atoms with van der Waals surface area (Å²) in [4.78, 5) is 37.0. The molecule has 1 saturated heterocycles. The van der Waals surface area contributed by atoms with E-state index in [9.17, 15) is 18.5 Å². The summed E-state index contributed by atoms with van der Waals surface area (Å²) in [6, 6.07) is 16.5. The Morgan fingerprint density at radius 3 is 2.46 bits per heavy atom. The van der Waals surface area contributed by atoms with E-state index in [1.54, 1.807) is 42.3 Å². The molecule has 0 saturated carbocycles. The Hall–Kier alpha value is -5.33. The van der Waals surface area contributed by atoms with Crippen LogP contribution in [0.5, 0.6) is 17.2 Å². The minimum atomic E-state index is -4.68. The average Bonchev–Trinajstić information content (AvgIpc) is 3.74. The summed E-state index contributed by atoms with van der Waals surface area (Å²) in [6.45, 7) is 3.64. The molecule has 2 aliphatic rings.